The van der Waals surface area contributed by atoms with E-state index < -0.39 is 0 Å². The standard InChI is InChI=1S/C5H7N.C3H8/c1-5(4-6)2-3-5;1-3-2/h2-3H2,1H3;3H2,1-2H3. The number of rotatable bonds is 0. The second-order valence-corrected chi connectivity index (χ2v) is 2.88. The molecule has 0 radical (unpaired) electrons. The van der Waals surface area contributed by atoms with Crippen LogP contribution in [-0.2, 0) is 0 Å². The van der Waals surface area contributed by atoms with E-state index >= 15 is 0 Å². The lowest BCUT2D eigenvalue weighted by Crippen LogP contribution is -1.81. The highest BCUT2D eigenvalue weighted by atomic mass is 14.4. The van der Waals surface area contributed by atoms with Crippen molar-refractivity contribution in [3.63, 3.8) is 0 Å². The molecule has 0 unspecified atom stereocenters. The summed E-state index contributed by atoms with van der Waals surface area (Å²) in [6.45, 7) is 6.24. The minimum atomic E-state index is 0.0972. The van der Waals surface area contributed by atoms with E-state index in [1.54, 1.807) is 0 Å². The molecule has 0 atom stereocenters. The summed E-state index contributed by atoms with van der Waals surface area (Å²) in [7, 11) is 0. The van der Waals surface area contributed by atoms with Crippen molar-refractivity contribution in [2.45, 2.75) is 40.0 Å². The summed E-state index contributed by atoms with van der Waals surface area (Å²) in [6, 6.07) is 2.22. The van der Waals surface area contributed by atoms with Crippen LogP contribution in [0.1, 0.15) is 40.0 Å². The average Bonchev–Trinajstić information content (AvgIpc) is 2.52. The highest BCUT2D eigenvalue weighted by molar-refractivity contribution is 5.06. The average molecular weight is 125 g/mol. The van der Waals surface area contributed by atoms with Crippen molar-refractivity contribution in [2.75, 3.05) is 0 Å². The van der Waals surface area contributed by atoms with E-state index in [1.165, 1.54) is 6.42 Å². The molecule has 52 valence electrons. The molecule has 1 nitrogen and oxygen atoms in total. The summed E-state index contributed by atoms with van der Waals surface area (Å²) >= 11 is 0. The molecular formula is C8H15N. The molecule has 1 heteroatoms. The molecule has 0 aliphatic heterocycles. The third-order valence-corrected chi connectivity index (χ3v) is 1.27. The van der Waals surface area contributed by atoms with Gasteiger partial charge in [-0.1, -0.05) is 20.3 Å². The van der Waals surface area contributed by atoms with Gasteiger partial charge in [0.05, 0.1) is 11.5 Å². The van der Waals surface area contributed by atoms with E-state index in [9.17, 15) is 0 Å². The molecule has 1 aliphatic carbocycles. The van der Waals surface area contributed by atoms with E-state index in [0.717, 1.165) is 12.8 Å². The summed E-state index contributed by atoms with van der Waals surface area (Å²) in [5, 5.41) is 8.22. The Bertz CT molecular complexity index is 106. The molecule has 0 amide bonds. The normalized spacial score (nSPS) is 18.9. The molecule has 0 aromatic heterocycles. The zero-order valence-corrected chi connectivity index (χ0v) is 6.57. The Balaban J connectivity index is 0.000000187. The Hall–Kier alpha value is -0.510. The first-order valence-corrected chi connectivity index (χ1v) is 3.59. The van der Waals surface area contributed by atoms with Crippen LogP contribution >= 0.6 is 0 Å². The second kappa shape index (κ2) is 3.50. The molecule has 0 N–H and O–H groups in total. The largest absolute Gasteiger partial charge is 0.198 e. The summed E-state index contributed by atoms with van der Waals surface area (Å²) < 4.78 is 0. The Labute approximate surface area is 57.7 Å². The molecule has 1 rings (SSSR count). The van der Waals surface area contributed by atoms with E-state index in [1.807, 2.05) is 6.92 Å². The van der Waals surface area contributed by atoms with Gasteiger partial charge < -0.3 is 0 Å². The van der Waals surface area contributed by atoms with Gasteiger partial charge in [-0.3, -0.25) is 0 Å². The van der Waals surface area contributed by atoms with Crippen LogP contribution in [0.4, 0.5) is 0 Å². The minimum Gasteiger partial charge on any atom is -0.198 e. The predicted molar refractivity (Wildman–Crippen MR) is 38.9 cm³/mol. The Morgan fingerprint density at radius 3 is 1.78 bits per heavy atom. The van der Waals surface area contributed by atoms with Crippen LogP contribution in [0.5, 0.6) is 0 Å². The predicted octanol–water partition coefficient (Wildman–Crippen LogP) is 2.73. The van der Waals surface area contributed by atoms with Crippen LogP contribution < -0.4 is 0 Å². The van der Waals surface area contributed by atoms with Gasteiger partial charge in [0, 0.05) is 0 Å². The van der Waals surface area contributed by atoms with Crippen molar-refractivity contribution < 1.29 is 0 Å². The van der Waals surface area contributed by atoms with Gasteiger partial charge in [-0.25, -0.2) is 0 Å². The van der Waals surface area contributed by atoms with Crippen LogP contribution in [-0.4, -0.2) is 0 Å². The highest BCUT2D eigenvalue weighted by Crippen LogP contribution is 2.43. The number of nitrogens with zero attached hydrogens (tertiary/aromatic N) is 1. The SMILES string of the molecule is CC1(C#N)CC1.CCC. The Morgan fingerprint density at radius 1 is 1.44 bits per heavy atom. The van der Waals surface area contributed by atoms with Crippen molar-refractivity contribution in [1.82, 2.24) is 0 Å². The zero-order chi connectivity index (χ0) is 7.33. The third-order valence-electron chi connectivity index (χ3n) is 1.27. The van der Waals surface area contributed by atoms with Crippen LogP contribution in [0.25, 0.3) is 0 Å². The molecule has 0 aromatic carbocycles. The second-order valence-electron chi connectivity index (χ2n) is 2.88. The van der Waals surface area contributed by atoms with Crippen molar-refractivity contribution in [2.24, 2.45) is 5.41 Å². The lowest BCUT2D eigenvalue weighted by molar-refractivity contribution is 0.767. The topological polar surface area (TPSA) is 23.8 Å². The fourth-order valence-corrected chi connectivity index (χ4v) is 0.299. The lowest BCUT2D eigenvalue weighted by Gasteiger charge is -1.82. The molecule has 9 heavy (non-hydrogen) atoms. The summed E-state index contributed by atoms with van der Waals surface area (Å²) in [4.78, 5) is 0. The highest BCUT2D eigenvalue weighted by Gasteiger charge is 2.36. The first-order valence-electron chi connectivity index (χ1n) is 3.59. The fraction of sp³-hybridized carbons (Fsp3) is 0.875. The molecule has 1 aliphatic rings. The van der Waals surface area contributed by atoms with Crippen molar-refractivity contribution in [3.8, 4) is 6.07 Å². The lowest BCUT2D eigenvalue weighted by atomic mass is 10.2. The maximum atomic E-state index is 8.22. The quantitative estimate of drug-likeness (QED) is 0.488. The molecule has 0 spiro atoms. The van der Waals surface area contributed by atoms with Gasteiger partial charge in [0.1, 0.15) is 0 Å². The number of hydrogen-bond acceptors (Lipinski definition) is 1. The van der Waals surface area contributed by atoms with Gasteiger partial charge in [0.25, 0.3) is 0 Å². The maximum absolute atomic E-state index is 8.22. The van der Waals surface area contributed by atoms with Gasteiger partial charge in [0.2, 0.25) is 0 Å². The van der Waals surface area contributed by atoms with E-state index in [2.05, 4.69) is 19.9 Å². The van der Waals surface area contributed by atoms with Gasteiger partial charge in [0.15, 0.2) is 0 Å². The van der Waals surface area contributed by atoms with E-state index in [4.69, 9.17) is 5.26 Å². The summed E-state index contributed by atoms with van der Waals surface area (Å²) in [5.74, 6) is 0. The van der Waals surface area contributed by atoms with Gasteiger partial charge in [-0.2, -0.15) is 5.26 Å². The van der Waals surface area contributed by atoms with E-state index in [0.29, 0.717) is 0 Å². The molecule has 0 bridgehead atoms. The van der Waals surface area contributed by atoms with Crippen LogP contribution in [0.2, 0.25) is 0 Å². The Morgan fingerprint density at radius 2 is 1.78 bits per heavy atom. The molecule has 1 saturated carbocycles. The maximum Gasteiger partial charge on any atom is 0.0686 e. The van der Waals surface area contributed by atoms with Crippen LogP contribution in [0.3, 0.4) is 0 Å². The third kappa shape index (κ3) is 4.02. The molecule has 0 aromatic rings. The summed E-state index contributed by atoms with van der Waals surface area (Å²) in [5.41, 5.74) is 0.0972. The van der Waals surface area contributed by atoms with Gasteiger partial charge >= 0.3 is 0 Å². The van der Waals surface area contributed by atoms with Gasteiger partial charge in [-0.05, 0) is 19.8 Å². The first kappa shape index (κ1) is 8.49. The zero-order valence-electron chi connectivity index (χ0n) is 6.57. The minimum absolute atomic E-state index is 0.0972. The molecule has 1 fully saturated rings. The number of hydrogen-bond donors (Lipinski definition) is 0. The monoisotopic (exact) mass is 125 g/mol. The smallest absolute Gasteiger partial charge is 0.0686 e. The molecular weight excluding hydrogens is 110 g/mol. The number of nitriles is 1. The van der Waals surface area contributed by atoms with Crippen molar-refractivity contribution in [1.29, 1.82) is 5.26 Å². The van der Waals surface area contributed by atoms with Crippen LogP contribution in [0.15, 0.2) is 0 Å². The molecule has 0 heterocycles. The van der Waals surface area contributed by atoms with Crippen molar-refractivity contribution in [3.05, 3.63) is 0 Å². The van der Waals surface area contributed by atoms with Crippen molar-refractivity contribution >= 4 is 0 Å². The first-order chi connectivity index (χ1) is 4.18. The van der Waals surface area contributed by atoms with Gasteiger partial charge in [-0.15, -0.1) is 0 Å². The summed E-state index contributed by atoms with van der Waals surface area (Å²) in [6.07, 6.45) is 3.48. The van der Waals surface area contributed by atoms with E-state index in [-0.39, 0.29) is 5.41 Å². The Kier molecular flexibility index (Phi) is 3.30. The molecule has 0 saturated heterocycles. The van der Waals surface area contributed by atoms with Crippen LogP contribution in [0, 0.1) is 16.7 Å². The fourth-order valence-electron chi connectivity index (χ4n) is 0.299.